The zero-order valence-electron chi connectivity index (χ0n) is 12.1. The maximum Gasteiger partial charge on any atom is 0.196 e. The number of carbonyl (C=O) groups excluding carboxylic acids is 1. The molecule has 5 heteroatoms. The van der Waals surface area contributed by atoms with Crippen molar-refractivity contribution in [1.82, 2.24) is 9.78 Å². The monoisotopic (exact) mass is 274 g/mol. The van der Waals surface area contributed by atoms with Crippen molar-refractivity contribution >= 4 is 5.78 Å². The highest BCUT2D eigenvalue weighted by molar-refractivity contribution is 6.09. The van der Waals surface area contributed by atoms with E-state index >= 15 is 0 Å². The van der Waals surface area contributed by atoms with Crippen LogP contribution in [0.5, 0.6) is 11.5 Å². The molecule has 2 rings (SSSR count). The van der Waals surface area contributed by atoms with E-state index in [1.54, 1.807) is 43.3 Å². The number of nitrogens with zero attached hydrogens (tertiary/aromatic N) is 2. The van der Waals surface area contributed by atoms with Crippen LogP contribution < -0.4 is 9.47 Å². The normalized spacial score (nSPS) is 10.4. The number of aromatic nitrogens is 2. The molecule has 0 aliphatic carbocycles. The minimum Gasteiger partial charge on any atom is -0.493 e. The van der Waals surface area contributed by atoms with Gasteiger partial charge in [0.25, 0.3) is 0 Å². The van der Waals surface area contributed by atoms with E-state index in [9.17, 15) is 4.79 Å². The first-order valence-electron chi connectivity index (χ1n) is 6.40. The molecule has 0 amide bonds. The molecule has 0 spiro atoms. The van der Waals surface area contributed by atoms with Gasteiger partial charge in [-0.3, -0.25) is 9.48 Å². The fourth-order valence-corrected chi connectivity index (χ4v) is 2.12. The van der Waals surface area contributed by atoms with Crippen molar-refractivity contribution in [3.8, 4) is 11.5 Å². The number of hydrogen-bond acceptors (Lipinski definition) is 4. The minimum atomic E-state index is -0.0593. The van der Waals surface area contributed by atoms with E-state index in [0.29, 0.717) is 22.6 Å². The predicted molar refractivity (Wildman–Crippen MR) is 75.6 cm³/mol. The SMILES string of the molecule is CCc1nn(C)cc1C(=O)c1ccc(OC)c(OC)c1. The molecule has 2 aromatic rings. The maximum atomic E-state index is 12.6. The molecule has 1 aromatic carbocycles. The average molecular weight is 274 g/mol. The van der Waals surface area contributed by atoms with Crippen LogP contribution >= 0.6 is 0 Å². The van der Waals surface area contributed by atoms with Gasteiger partial charge in [0, 0.05) is 18.8 Å². The third-order valence-corrected chi connectivity index (χ3v) is 3.13. The van der Waals surface area contributed by atoms with Gasteiger partial charge in [0.15, 0.2) is 17.3 Å². The lowest BCUT2D eigenvalue weighted by Gasteiger charge is -2.08. The Hall–Kier alpha value is -2.30. The Morgan fingerprint density at radius 2 is 1.95 bits per heavy atom. The third kappa shape index (κ3) is 2.52. The van der Waals surface area contributed by atoms with Gasteiger partial charge in [-0.2, -0.15) is 5.10 Å². The quantitative estimate of drug-likeness (QED) is 0.785. The van der Waals surface area contributed by atoms with E-state index < -0.39 is 0 Å². The number of methoxy groups -OCH3 is 2. The van der Waals surface area contributed by atoms with Gasteiger partial charge < -0.3 is 9.47 Å². The fourth-order valence-electron chi connectivity index (χ4n) is 2.12. The van der Waals surface area contributed by atoms with Crippen molar-refractivity contribution < 1.29 is 14.3 Å². The van der Waals surface area contributed by atoms with Gasteiger partial charge in [0.1, 0.15) is 0 Å². The summed E-state index contributed by atoms with van der Waals surface area (Å²) >= 11 is 0. The van der Waals surface area contributed by atoms with Crippen molar-refractivity contribution in [2.24, 2.45) is 7.05 Å². The molecule has 20 heavy (non-hydrogen) atoms. The number of carbonyl (C=O) groups is 1. The summed E-state index contributed by atoms with van der Waals surface area (Å²) in [6, 6.07) is 5.15. The maximum absolute atomic E-state index is 12.6. The van der Waals surface area contributed by atoms with Crippen LogP contribution in [0, 0.1) is 0 Å². The molecule has 0 aliphatic rings. The molecular formula is C15H18N2O3. The molecule has 0 saturated carbocycles. The summed E-state index contributed by atoms with van der Waals surface area (Å²) in [5, 5.41) is 4.29. The Morgan fingerprint density at radius 1 is 1.25 bits per heavy atom. The van der Waals surface area contributed by atoms with E-state index in [-0.39, 0.29) is 5.78 Å². The molecule has 5 nitrogen and oxygen atoms in total. The summed E-state index contributed by atoms with van der Waals surface area (Å²) < 4.78 is 12.1. The number of benzene rings is 1. The van der Waals surface area contributed by atoms with Gasteiger partial charge in [0.2, 0.25) is 0 Å². The molecule has 0 aliphatic heterocycles. The standard InChI is InChI=1S/C15H18N2O3/c1-5-12-11(9-17(2)16-12)15(18)10-6-7-13(19-3)14(8-10)20-4/h6-9H,5H2,1-4H3. The summed E-state index contributed by atoms with van der Waals surface area (Å²) in [5.74, 6) is 1.09. The number of hydrogen-bond donors (Lipinski definition) is 0. The topological polar surface area (TPSA) is 53.4 Å². The van der Waals surface area contributed by atoms with Gasteiger partial charge in [0.05, 0.1) is 25.5 Å². The lowest BCUT2D eigenvalue weighted by Crippen LogP contribution is -2.04. The molecule has 1 heterocycles. The van der Waals surface area contributed by atoms with Gasteiger partial charge in [-0.25, -0.2) is 0 Å². The smallest absolute Gasteiger partial charge is 0.196 e. The predicted octanol–water partition coefficient (Wildman–Crippen LogP) is 2.23. The van der Waals surface area contributed by atoms with E-state index in [1.807, 2.05) is 14.0 Å². The lowest BCUT2D eigenvalue weighted by atomic mass is 10.0. The first-order chi connectivity index (χ1) is 9.60. The molecular weight excluding hydrogens is 256 g/mol. The van der Waals surface area contributed by atoms with Gasteiger partial charge in [-0.1, -0.05) is 6.92 Å². The van der Waals surface area contributed by atoms with Crippen LogP contribution in [0.2, 0.25) is 0 Å². The summed E-state index contributed by atoms with van der Waals surface area (Å²) in [4.78, 5) is 12.6. The summed E-state index contributed by atoms with van der Waals surface area (Å²) in [6.45, 7) is 1.98. The van der Waals surface area contributed by atoms with Crippen LogP contribution in [-0.4, -0.2) is 29.8 Å². The second-order valence-corrected chi connectivity index (χ2v) is 4.42. The summed E-state index contributed by atoms with van der Waals surface area (Å²) in [7, 11) is 4.92. The number of rotatable bonds is 5. The largest absolute Gasteiger partial charge is 0.493 e. The molecule has 0 N–H and O–H groups in total. The highest BCUT2D eigenvalue weighted by Crippen LogP contribution is 2.28. The van der Waals surface area contributed by atoms with Gasteiger partial charge in [-0.05, 0) is 24.6 Å². The Bertz CT molecular complexity index is 632. The van der Waals surface area contributed by atoms with E-state index in [2.05, 4.69) is 5.10 Å². The number of ketones is 1. The van der Waals surface area contributed by atoms with E-state index in [0.717, 1.165) is 12.1 Å². The molecule has 0 radical (unpaired) electrons. The highest BCUT2D eigenvalue weighted by atomic mass is 16.5. The van der Waals surface area contributed by atoms with Gasteiger partial charge in [-0.15, -0.1) is 0 Å². The minimum absolute atomic E-state index is 0.0593. The molecule has 0 saturated heterocycles. The zero-order chi connectivity index (χ0) is 14.7. The first kappa shape index (κ1) is 14.1. The van der Waals surface area contributed by atoms with Crippen LogP contribution in [0.3, 0.4) is 0 Å². The van der Waals surface area contributed by atoms with Crippen LogP contribution in [-0.2, 0) is 13.5 Å². The summed E-state index contributed by atoms with van der Waals surface area (Å²) in [5.41, 5.74) is 1.99. The number of aryl methyl sites for hydroxylation is 2. The van der Waals surface area contributed by atoms with Crippen LogP contribution in [0.15, 0.2) is 24.4 Å². The van der Waals surface area contributed by atoms with Crippen LogP contribution in [0.4, 0.5) is 0 Å². The second-order valence-electron chi connectivity index (χ2n) is 4.42. The van der Waals surface area contributed by atoms with Crippen molar-refractivity contribution in [2.75, 3.05) is 14.2 Å². The Labute approximate surface area is 118 Å². The van der Waals surface area contributed by atoms with Gasteiger partial charge >= 0.3 is 0 Å². The van der Waals surface area contributed by atoms with Crippen LogP contribution in [0.25, 0.3) is 0 Å². The molecule has 0 fully saturated rings. The molecule has 1 aromatic heterocycles. The first-order valence-corrected chi connectivity index (χ1v) is 6.40. The zero-order valence-corrected chi connectivity index (χ0v) is 12.1. The Morgan fingerprint density at radius 3 is 2.55 bits per heavy atom. The lowest BCUT2D eigenvalue weighted by molar-refractivity contribution is 0.103. The highest BCUT2D eigenvalue weighted by Gasteiger charge is 2.18. The van der Waals surface area contributed by atoms with E-state index in [4.69, 9.17) is 9.47 Å². The fraction of sp³-hybridized carbons (Fsp3) is 0.333. The molecule has 0 atom stereocenters. The Balaban J connectivity index is 2.42. The third-order valence-electron chi connectivity index (χ3n) is 3.13. The Kier molecular flexibility index (Phi) is 4.08. The molecule has 0 bridgehead atoms. The number of ether oxygens (including phenoxy) is 2. The molecule has 0 unspecified atom stereocenters. The molecule has 106 valence electrons. The van der Waals surface area contributed by atoms with Crippen LogP contribution in [0.1, 0.15) is 28.5 Å². The van der Waals surface area contributed by atoms with Crippen molar-refractivity contribution in [1.29, 1.82) is 0 Å². The van der Waals surface area contributed by atoms with E-state index in [1.165, 1.54) is 0 Å². The van der Waals surface area contributed by atoms with Crippen molar-refractivity contribution in [3.05, 3.63) is 41.2 Å². The second kappa shape index (κ2) is 5.77. The summed E-state index contributed by atoms with van der Waals surface area (Å²) in [6.07, 6.45) is 2.47. The average Bonchev–Trinajstić information content (AvgIpc) is 2.86. The van der Waals surface area contributed by atoms with Crippen molar-refractivity contribution in [3.63, 3.8) is 0 Å². The van der Waals surface area contributed by atoms with Crippen molar-refractivity contribution in [2.45, 2.75) is 13.3 Å².